The Bertz CT molecular complexity index is 887. The predicted molar refractivity (Wildman–Crippen MR) is 110 cm³/mol. The van der Waals surface area contributed by atoms with Crippen LogP contribution >= 0.6 is 0 Å². The molecule has 1 aliphatic rings. The minimum atomic E-state index is -1.19. The minimum Gasteiger partial charge on any atom is -0.463 e. The molecule has 3 atom stereocenters. The van der Waals surface area contributed by atoms with Crippen molar-refractivity contribution in [3.05, 3.63) is 71.8 Å². The van der Waals surface area contributed by atoms with Crippen LogP contribution in [0.4, 0.5) is 4.79 Å². The maximum absolute atomic E-state index is 13.1. The summed E-state index contributed by atoms with van der Waals surface area (Å²) in [4.78, 5) is 41.4. The predicted octanol–water partition coefficient (Wildman–Crippen LogP) is 3.51. The van der Waals surface area contributed by atoms with Crippen molar-refractivity contribution in [3.8, 4) is 0 Å². The van der Waals surface area contributed by atoms with E-state index in [4.69, 9.17) is 9.47 Å². The number of carbonyl (C=O) groups is 3. The molecule has 1 heterocycles. The summed E-state index contributed by atoms with van der Waals surface area (Å²) < 4.78 is 10.6. The standard InChI is InChI=1S/C23H26N2O5/c1-4-29-22(27)20-24(16(2)19-13-9-6-10-14-19)21(26)17(3)25(20)23(28)30-15-18-11-7-5-8-12-18/h5-14,16-17,20H,4,15H2,1-3H3/t16-,17+,20+/m0/s1. The van der Waals surface area contributed by atoms with Crippen molar-refractivity contribution in [2.45, 2.75) is 45.6 Å². The number of nitrogens with zero attached hydrogens (tertiary/aromatic N) is 2. The summed E-state index contributed by atoms with van der Waals surface area (Å²) in [6.07, 6.45) is -1.92. The van der Waals surface area contributed by atoms with Crippen LogP contribution < -0.4 is 0 Å². The normalized spacial score (nSPS) is 19.5. The molecule has 0 aliphatic carbocycles. The molecule has 2 amide bonds. The number of rotatable bonds is 6. The van der Waals surface area contributed by atoms with Gasteiger partial charge in [0.1, 0.15) is 12.6 Å². The van der Waals surface area contributed by atoms with Gasteiger partial charge in [-0.05, 0) is 31.9 Å². The van der Waals surface area contributed by atoms with Gasteiger partial charge in [0.25, 0.3) is 0 Å². The fourth-order valence-electron chi connectivity index (χ4n) is 3.59. The van der Waals surface area contributed by atoms with Gasteiger partial charge in [-0.15, -0.1) is 0 Å². The average molecular weight is 410 g/mol. The number of ether oxygens (including phenoxy) is 2. The first-order valence-electron chi connectivity index (χ1n) is 9.98. The zero-order valence-electron chi connectivity index (χ0n) is 17.4. The number of esters is 1. The van der Waals surface area contributed by atoms with Crippen molar-refractivity contribution >= 4 is 18.0 Å². The first-order chi connectivity index (χ1) is 14.5. The van der Waals surface area contributed by atoms with Gasteiger partial charge < -0.3 is 14.4 Å². The van der Waals surface area contributed by atoms with E-state index in [2.05, 4.69) is 0 Å². The molecule has 7 nitrogen and oxygen atoms in total. The van der Waals surface area contributed by atoms with E-state index in [-0.39, 0.29) is 19.1 Å². The van der Waals surface area contributed by atoms with E-state index in [1.807, 2.05) is 67.6 Å². The molecular weight excluding hydrogens is 384 g/mol. The van der Waals surface area contributed by atoms with Crippen molar-refractivity contribution in [2.24, 2.45) is 0 Å². The van der Waals surface area contributed by atoms with E-state index in [1.54, 1.807) is 13.8 Å². The molecule has 0 N–H and O–H groups in total. The Balaban J connectivity index is 1.87. The Kier molecular flexibility index (Phi) is 6.72. The van der Waals surface area contributed by atoms with E-state index in [9.17, 15) is 14.4 Å². The van der Waals surface area contributed by atoms with Crippen molar-refractivity contribution in [1.82, 2.24) is 9.80 Å². The molecule has 1 aliphatic heterocycles. The monoisotopic (exact) mass is 410 g/mol. The van der Waals surface area contributed by atoms with Gasteiger partial charge in [0.2, 0.25) is 12.1 Å². The van der Waals surface area contributed by atoms with Gasteiger partial charge in [-0.2, -0.15) is 0 Å². The van der Waals surface area contributed by atoms with E-state index in [0.29, 0.717) is 0 Å². The summed E-state index contributed by atoms with van der Waals surface area (Å²) in [5, 5.41) is 0. The lowest BCUT2D eigenvalue weighted by molar-refractivity contribution is -0.156. The fourth-order valence-corrected chi connectivity index (χ4v) is 3.59. The van der Waals surface area contributed by atoms with Gasteiger partial charge in [0.05, 0.1) is 12.6 Å². The van der Waals surface area contributed by atoms with Crippen LogP contribution in [0, 0.1) is 0 Å². The summed E-state index contributed by atoms with van der Waals surface area (Å²) in [5.41, 5.74) is 1.66. The molecule has 0 radical (unpaired) electrons. The van der Waals surface area contributed by atoms with Gasteiger partial charge in [0, 0.05) is 0 Å². The molecule has 0 aromatic heterocycles. The number of hydrogen-bond acceptors (Lipinski definition) is 5. The SMILES string of the molecule is CCOC(=O)[C@H]1N(C(=O)OCc2ccccc2)[C@H](C)C(=O)N1[C@@H](C)c1ccccc1. The van der Waals surface area contributed by atoms with Crippen LogP contribution in [-0.2, 0) is 25.7 Å². The Morgan fingerprint density at radius 2 is 1.60 bits per heavy atom. The van der Waals surface area contributed by atoms with Crippen LogP contribution in [0.25, 0.3) is 0 Å². The van der Waals surface area contributed by atoms with E-state index in [0.717, 1.165) is 11.1 Å². The lowest BCUT2D eigenvalue weighted by Crippen LogP contribution is -2.50. The second kappa shape index (κ2) is 9.43. The van der Waals surface area contributed by atoms with Crippen LogP contribution in [0.3, 0.4) is 0 Å². The van der Waals surface area contributed by atoms with Gasteiger partial charge in [-0.25, -0.2) is 9.59 Å². The lowest BCUT2D eigenvalue weighted by Gasteiger charge is -2.32. The zero-order chi connectivity index (χ0) is 21.7. The number of hydrogen-bond donors (Lipinski definition) is 0. The van der Waals surface area contributed by atoms with E-state index < -0.39 is 30.3 Å². The molecule has 30 heavy (non-hydrogen) atoms. The summed E-state index contributed by atoms with van der Waals surface area (Å²) in [5.74, 6) is -0.990. The Hall–Kier alpha value is -3.35. The molecule has 0 unspecified atom stereocenters. The summed E-state index contributed by atoms with van der Waals surface area (Å²) in [7, 11) is 0. The zero-order valence-corrected chi connectivity index (χ0v) is 17.4. The Morgan fingerprint density at radius 3 is 2.20 bits per heavy atom. The third kappa shape index (κ3) is 4.30. The van der Waals surface area contributed by atoms with Gasteiger partial charge >= 0.3 is 12.1 Å². The van der Waals surface area contributed by atoms with E-state index in [1.165, 1.54) is 9.80 Å². The van der Waals surface area contributed by atoms with Crippen LogP contribution in [-0.4, -0.2) is 46.6 Å². The number of benzene rings is 2. The highest BCUT2D eigenvalue weighted by atomic mass is 16.6. The molecular formula is C23H26N2O5. The molecule has 1 fully saturated rings. The van der Waals surface area contributed by atoms with Gasteiger partial charge in [0.15, 0.2) is 0 Å². The summed E-state index contributed by atoms with van der Waals surface area (Å²) in [6, 6.07) is 17.3. The first kappa shape index (κ1) is 21.4. The molecule has 2 aromatic carbocycles. The topological polar surface area (TPSA) is 76.1 Å². The van der Waals surface area contributed by atoms with Crippen LogP contribution in [0.5, 0.6) is 0 Å². The largest absolute Gasteiger partial charge is 0.463 e. The smallest absolute Gasteiger partial charge is 0.412 e. The van der Waals surface area contributed by atoms with Crippen LogP contribution in [0.15, 0.2) is 60.7 Å². The second-order valence-electron chi connectivity index (χ2n) is 7.08. The third-order valence-electron chi connectivity index (χ3n) is 5.17. The summed E-state index contributed by atoms with van der Waals surface area (Å²) >= 11 is 0. The van der Waals surface area contributed by atoms with Crippen molar-refractivity contribution < 1.29 is 23.9 Å². The maximum Gasteiger partial charge on any atom is 0.412 e. The molecule has 158 valence electrons. The summed E-state index contributed by atoms with van der Waals surface area (Å²) in [6.45, 7) is 5.28. The molecule has 0 saturated carbocycles. The molecule has 0 spiro atoms. The highest BCUT2D eigenvalue weighted by Gasteiger charge is 2.53. The van der Waals surface area contributed by atoms with Crippen molar-refractivity contribution in [3.63, 3.8) is 0 Å². The van der Waals surface area contributed by atoms with Crippen LogP contribution in [0.1, 0.15) is 37.9 Å². The third-order valence-corrected chi connectivity index (χ3v) is 5.17. The van der Waals surface area contributed by atoms with E-state index >= 15 is 0 Å². The number of amides is 2. The van der Waals surface area contributed by atoms with Crippen molar-refractivity contribution in [1.29, 1.82) is 0 Å². The van der Waals surface area contributed by atoms with Crippen molar-refractivity contribution in [2.75, 3.05) is 6.61 Å². The molecule has 2 aromatic rings. The first-order valence-corrected chi connectivity index (χ1v) is 9.98. The Labute approximate surface area is 176 Å². The highest BCUT2D eigenvalue weighted by Crippen LogP contribution is 2.33. The fraction of sp³-hybridized carbons (Fsp3) is 0.348. The quantitative estimate of drug-likeness (QED) is 0.681. The molecule has 3 rings (SSSR count). The molecule has 1 saturated heterocycles. The highest BCUT2D eigenvalue weighted by molar-refractivity contribution is 5.96. The number of carbonyl (C=O) groups excluding carboxylic acids is 3. The maximum atomic E-state index is 13.1. The van der Waals surface area contributed by atoms with Gasteiger partial charge in [-0.3, -0.25) is 9.69 Å². The second-order valence-corrected chi connectivity index (χ2v) is 7.08. The molecule has 0 bridgehead atoms. The van der Waals surface area contributed by atoms with Gasteiger partial charge in [-0.1, -0.05) is 60.7 Å². The minimum absolute atomic E-state index is 0.0425. The Morgan fingerprint density at radius 1 is 1.00 bits per heavy atom. The van der Waals surface area contributed by atoms with Crippen LogP contribution in [0.2, 0.25) is 0 Å². The molecule has 7 heteroatoms. The average Bonchev–Trinajstić information content (AvgIpc) is 3.04. The lowest BCUT2D eigenvalue weighted by atomic mass is 10.1.